The van der Waals surface area contributed by atoms with Crippen LogP contribution in [0.5, 0.6) is 0 Å². The first kappa shape index (κ1) is 14.4. The third kappa shape index (κ3) is 3.97. The van der Waals surface area contributed by atoms with Crippen LogP contribution in [0, 0.1) is 0 Å². The van der Waals surface area contributed by atoms with Crippen LogP contribution in [0.2, 0.25) is 0 Å². The third-order valence-corrected chi connectivity index (χ3v) is 3.66. The molecule has 6 heteroatoms. The second-order valence-electron chi connectivity index (χ2n) is 3.78. The molecule has 0 unspecified atom stereocenters. The van der Waals surface area contributed by atoms with Gasteiger partial charge in [0.05, 0.1) is 0 Å². The van der Waals surface area contributed by atoms with Crippen molar-refractivity contribution in [2.45, 2.75) is 6.92 Å². The predicted octanol–water partition coefficient (Wildman–Crippen LogP) is 3.62. The van der Waals surface area contributed by atoms with Crippen LogP contribution in [-0.4, -0.2) is 18.2 Å². The standard InChI is InChI=1S/C9H7NO2S.C5H4OS/c1-6-10-8(9(11)12-6)4-7-2-3-13-5-7;6-3-5-1-2-7-4-5/h2-5H,1H3;1-4H/b8-4+;. The highest BCUT2D eigenvalue weighted by molar-refractivity contribution is 7.08. The van der Waals surface area contributed by atoms with E-state index in [1.54, 1.807) is 30.4 Å². The lowest BCUT2D eigenvalue weighted by molar-refractivity contribution is -0.130. The Morgan fingerprint density at radius 3 is 2.20 bits per heavy atom. The Labute approximate surface area is 124 Å². The Bertz CT molecular complexity index is 640. The first-order valence-electron chi connectivity index (χ1n) is 5.68. The van der Waals surface area contributed by atoms with Crippen molar-refractivity contribution < 1.29 is 14.3 Å². The van der Waals surface area contributed by atoms with Crippen LogP contribution in [-0.2, 0) is 9.53 Å². The Morgan fingerprint density at radius 1 is 1.15 bits per heavy atom. The Balaban J connectivity index is 0.000000178. The summed E-state index contributed by atoms with van der Waals surface area (Å²) in [4.78, 5) is 24.9. The van der Waals surface area contributed by atoms with Gasteiger partial charge in [0, 0.05) is 17.9 Å². The molecule has 0 saturated carbocycles. The topological polar surface area (TPSA) is 55.7 Å². The minimum absolute atomic E-state index is 0.371. The second kappa shape index (κ2) is 6.93. The van der Waals surface area contributed by atoms with E-state index in [4.69, 9.17) is 4.74 Å². The summed E-state index contributed by atoms with van der Waals surface area (Å²) in [6.45, 7) is 1.66. The number of esters is 1. The van der Waals surface area contributed by atoms with Crippen molar-refractivity contribution in [1.82, 2.24) is 0 Å². The largest absolute Gasteiger partial charge is 0.407 e. The van der Waals surface area contributed by atoms with Gasteiger partial charge < -0.3 is 4.74 Å². The molecule has 0 atom stereocenters. The first-order chi connectivity index (χ1) is 9.69. The molecule has 0 aromatic carbocycles. The molecule has 0 radical (unpaired) electrons. The van der Waals surface area contributed by atoms with Crippen molar-refractivity contribution in [3.8, 4) is 0 Å². The van der Waals surface area contributed by atoms with E-state index in [0.717, 1.165) is 17.4 Å². The van der Waals surface area contributed by atoms with Crippen LogP contribution in [0.25, 0.3) is 6.08 Å². The number of carbonyl (C=O) groups is 2. The molecule has 20 heavy (non-hydrogen) atoms. The van der Waals surface area contributed by atoms with Crippen LogP contribution in [0.4, 0.5) is 0 Å². The number of hydrogen-bond donors (Lipinski definition) is 0. The van der Waals surface area contributed by atoms with Crippen LogP contribution >= 0.6 is 22.7 Å². The summed E-state index contributed by atoms with van der Waals surface area (Å²) < 4.78 is 4.77. The molecular weight excluding hydrogens is 294 g/mol. The van der Waals surface area contributed by atoms with E-state index >= 15 is 0 Å². The average molecular weight is 305 g/mol. The summed E-state index contributed by atoms with van der Waals surface area (Å²) in [6.07, 6.45) is 2.56. The minimum Gasteiger partial charge on any atom is -0.407 e. The van der Waals surface area contributed by atoms with E-state index < -0.39 is 0 Å². The molecule has 0 aliphatic carbocycles. The fourth-order valence-electron chi connectivity index (χ4n) is 1.37. The maximum absolute atomic E-state index is 11.1. The molecular formula is C14H11NO3S2. The van der Waals surface area contributed by atoms with Gasteiger partial charge in [-0.1, -0.05) is 0 Å². The van der Waals surface area contributed by atoms with Gasteiger partial charge in [0.2, 0.25) is 0 Å². The summed E-state index contributed by atoms with van der Waals surface area (Å²) in [6, 6.07) is 3.71. The summed E-state index contributed by atoms with van der Waals surface area (Å²) in [7, 11) is 0. The van der Waals surface area contributed by atoms with E-state index in [9.17, 15) is 9.59 Å². The molecule has 2 aromatic heterocycles. The van der Waals surface area contributed by atoms with Gasteiger partial charge in [0.1, 0.15) is 0 Å². The molecule has 1 aliphatic rings. The molecule has 1 aliphatic heterocycles. The van der Waals surface area contributed by atoms with E-state index in [1.807, 2.05) is 27.6 Å². The molecule has 3 rings (SSSR count). The highest BCUT2D eigenvalue weighted by Gasteiger charge is 2.19. The highest BCUT2D eigenvalue weighted by Crippen LogP contribution is 2.16. The molecule has 3 heterocycles. The number of ether oxygens (including phenoxy) is 1. The average Bonchev–Trinajstić information content (AvgIpc) is 3.15. The van der Waals surface area contributed by atoms with Crippen molar-refractivity contribution in [3.05, 3.63) is 50.5 Å². The van der Waals surface area contributed by atoms with Crippen molar-refractivity contribution in [3.63, 3.8) is 0 Å². The quantitative estimate of drug-likeness (QED) is 0.484. The lowest BCUT2D eigenvalue weighted by Gasteiger charge is -1.88. The van der Waals surface area contributed by atoms with Gasteiger partial charge in [-0.15, -0.1) is 0 Å². The SMILES string of the molecule is CC1=N/C(=C/c2ccsc2)C(=O)O1.O=Cc1ccsc1. The number of nitrogens with zero attached hydrogens (tertiary/aromatic N) is 1. The number of thiophene rings is 2. The highest BCUT2D eigenvalue weighted by atomic mass is 32.1. The maximum atomic E-state index is 11.1. The molecule has 0 amide bonds. The Hall–Kier alpha value is -2.05. The van der Waals surface area contributed by atoms with Crippen LogP contribution in [0.1, 0.15) is 22.8 Å². The van der Waals surface area contributed by atoms with Gasteiger partial charge in [-0.2, -0.15) is 22.7 Å². The van der Waals surface area contributed by atoms with Crippen LogP contribution in [0.3, 0.4) is 0 Å². The normalized spacial score (nSPS) is 15.3. The number of hydrogen-bond acceptors (Lipinski definition) is 6. The fourth-order valence-corrected chi connectivity index (χ4v) is 2.60. The summed E-state index contributed by atoms with van der Waals surface area (Å²) in [5, 5.41) is 7.59. The van der Waals surface area contributed by atoms with Crippen molar-refractivity contribution >= 4 is 46.9 Å². The third-order valence-electron chi connectivity index (χ3n) is 2.25. The number of cyclic esters (lactones) is 1. The van der Waals surface area contributed by atoms with Gasteiger partial charge in [-0.05, 0) is 39.9 Å². The molecule has 4 nitrogen and oxygen atoms in total. The molecule has 0 bridgehead atoms. The predicted molar refractivity (Wildman–Crippen MR) is 81.2 cm³/mol. The number of carbonyl (C=O) groups excluding carboxylic acids is 2. The first-order valence-corrected chi connectivity index (χ1v) is 7.56. The summed E-state index contributed by atoms with van der Waals surface area (Å²) >= 11 is 3.11. The lowest BCUT2D eigenvalue weighted by atomic mass is 10.3. The van der Waals surface area contributed by atoms with Crippen molar-refractivity contribution in [2.24, 2.45) is 4.99 Å². The van der Waals surface area contributed by atoms with Gasteiger partial charge in [-0.3, -0.25) is 4.79 Å². The molecule has 0 N–H and O–H groups in total. The van der Waals surface area contributed by atoms with Gasteiger partial charge in [0.25, 0.3) is 0 Å². The molecule has 0 saturated heterocycles. The summed E-state index contributed by atoms with van der Waals surface area (Å²) in [5.74, 6) is 0.0372. The number of aldehydes is 1. The zero-order valence-electron chi connectivity index (χ0n) is 10.6. The van der Waals surface area contributed by atoms with Crippen molar-refractivity contribution in [1.29, 1.82) is 0 Å². The second-order valence-corrected chi connectivity index (χ2v) is 5.34. The van der Waals surface area contributed by atoms with Crippen LogP contribution < -0.4 is 0 Å². The van der Waals surface area contributed by atoms with Crippen molar-refractivity contribution in [2.75, 3.05) is 0 Å². The Kier molecular flexibility index (Phi) is 4.97. The zero-order valence-corrected chi connectivity index (χ0v) is 12.2. The Morgan fingerprint density at radius 2 is 1.80 bits per heavy atom. The van der Waals surface area contributed by atoms with E-state index in [-0.39, 0.29) is 5.97 Å². The number of aliphatic imine (C=N–C) groups is 1. The maximum Gasteiger partial charge on any atom is 0.363 e. The lowest BCUT2D eigenvalue weighted by Crippen LogP contribution is -1.99. The van der Waals surface area contributed by atoms with Gasteiger partial charge in [-0.25, -0.2) is 9.79 Å². The smallest absolute Gasteiger partial charge is 0.363 e. The molecule has 0 fully saturated rings. The molecule has 2 aromatic rings. The minimum atomic E-state index is -0.372. The van der Waals surface area contributed by atoms with Gasteiger partial charge >= 0.3 is 5.97 Å². The van der Waals surface area contributed by atoms with E-state index in [2.05, 4.69) is 4.99 Å². The van der Waals surface area contributed by atoms with Gasteiger partial charge in [0.15, 0.2) is 17.9 Å². The monoisotopic (exact) mass is 305 g/mol. The van der Waals surface area contributed by atoms with E-state index in [0.29, 0.717) is 11.6 Å². The molecule has 102 valence electrons. The fraction of sp³-hybridized carbons (Fsp3) is 0.0714. The zero-order chi connectivity index (χ0) is 14.4. The number of rotatable bonds is 2. The molecule has 0 spiro atoms. The van der Waals surface area contributed by atoms with E-state index in [1.165, 1.54) is 11.3 Å². The summed E-state index contributed by atoms with van der Waals surface area (Å²) in [5.41, 5.74) is 2.12. The van der Waals surface area contributed by atoms with Crippen LogP contribution in [0.15, 0.2) is 44.3 Å².